The summed E-state index contributed by atoms with van der Waals surface area (Å²) in [6.07, 6.45) is 3.39. The molecule has 0 amide bonds. The van der Waals surface area contributed by atoms with E-state index in [4.69, 9.17) is 4.74 Å². The van der Waals surface area contributed by atoms with Crippen molar-refractivity contribution >= 4 is 41.3 Å². The molecule has 8 heteroatoms. The second-order valence-corrected chi connectivity index (χ2v) is 6.23. The number of thiophene rings is 1. The van der Waals surface area contributed by atoms with Gasteiger partial charge in [0.05, 0.1) is 19.3 Å². The maximum atomic E-state index is 10.5. The second kappa shape index (κ2) is 11.3. The Hall–Kier alpha value is -1.39. The summed E-state index contributed by atoms with van der Waals surface area (Å²) in [5.74, 6) is 1.39. The fourth-order valence-corrected chi connectivity index (χ4v) is 2.79. The zero-order valence-electron chi connectivity index (χ0n) is 14.4. The molecule has 0 aliphatic heterocycles. The number of pyridine rings is 1. The van der Waals surface area contributed by atoms with E-state index in [2.05, 4.69) is 20.6 Å². The van der Waals surface area contributed by atoms with Crippen LogP contribution in [0.4, 0.5) is 0 Å². The van der Waals surface area contributed by atoms with Crippen molar-refractivity contribution < 1.29 is 9.84 Å². The highest BCUT2D eigenvalue weighted by Gasteiger charge is 2.23. The molecule has 0 fully saturated rings. The van der Waals surface area contributed by atoms with E-state index in [1.54, 1.807) is 30.7 Å². The van der Waals surface area contributed by atoms with Crippen LogP contribution in [0.3, 0.4) is 0 Å². The molecule has 138 valence electrons. The van der Waals surface area contributed by atoms with Gasteiger partial charge in [-0.25, -0.2) is 4.99 Å². The number of aromatic nitrogens is 1. The fourth-order valence-electron chi connectivity index (χ4n) is 2.01. The van der Waals surface area contributed by atoms with Gasteiger partial charge >= 0.3 is 0 Å². The summed E-state index contributed by atoms with van der Waals surface area (Å²) in [6, 6.07) is 5.62. The Balaban J connectivity index is 0.00000312. The number of rotatable bonds is 8. The standard InChI is InChI=1S/C17H24N4O2S.HI/c1-3-19-16(20-8-9-23-15-5-4-7-18-11-15)21-13-17(2,22)14-6-10-24-12-14;/h4-7,10-12,22H,3,8-9,13H2,1-2H3,(H2,19,20,21);1H. The maximum Gasteiger partial charge on any atom is 0.191 e. The number of hydrogen-bond donors (Lipinski definition) is 3. The molecule has 1 unspecified atom stereocenters. The minimum atomic E-state index is -0.978. The molecule has 3 N–H and O–H groups in total. The molecule has 6 nitrogen and oxygen atoms in total. The second-order valence-electron chi connectivity index (χ2n) is 5.45. The number of guanidine groups is 1. The van der Waals surface area contributed by atoms with Gasteiger partial charge in [-0.3, -0.25) is 4.98 Å². The van der Waals surface area contributed by atoms with E-state index in [0.29, 0.717) is 19.1 Å². The van der Waals surface area contributed by atoms with E-state index >= 15 is 0 Å². The third kappa shape index (κ3) is 7.57. The van der Waals surface area contributed by atoms with E-state index in [0.717, 1.165) is 17.9 Å². The molecule has 25 heavy (non-hydrogen) atoms. The smallest absolute Gasteiger partial charge is 0.191 e. The summed E-state index contributed by atoms with van der Waals surface area (Å²) in [5.41, 5.74) is -0.0961. The van der Waals surface area contributed by atoms with Crippen LogP contribution in [0.1, 0.15) is 19.4 Å². The van der Waals surface area contributed by atoms with E-state index in [1.165, 1.54) is 0 Å². The number of hydrogen-bond acceptors (Lipinski definition) is 5. The third-order valence-electron chi connectivity index (χ3n) is 3.33. The molecular formula is C17H25IN4O2S. The van der Waals surface area contributed by atoms with Gasteiger partial charge in [-0.1, -0.05) is 0 Å². The van der Waals surface area contributed by atoms with Gasteiger partial charge in [-0.05, 0) is 48.4 Å². The quantitative estimate of drug-likeness (QED) is 0.236. The van der Waals surface area contributed by atoms with Crippen molar-refractivity contribution in [1.82, 2.24) is 15.6 Å². The molecule has 0 spiro atoms. The van der Waals surface area contributed by atoms with Gasteiger partial charge in [-0.15, -0.1) is 24.0 Å². The first kappa shape index (κ1) is 21.7. The third-order valence-corrected chi connectivity index (χ3v) is 4.01. The number of aliphatic imine (C=N–C) groups is 1. The molecule has 2 aromatic rings. The van der Waals surface area contributed by atoms with Crippen LogP contribution in [-0.2, 0) is 5.60 Å². The lowest BCUT2D eigenvalue weighted by atomic mass is 10.00. The Morgan fingerprint density at radius 1 is 1.40 bits per heavy atom. The Morgan fingerprint density at radius 2 is 2.24 bits per heavy atom. The van der Waals surface area contributed by atoms with Gasteiger partial charge in [0.2, 0.25) is 0 Å². The Morgan fingerprint density at radius 3 is 2.88 bits per heavy atom. The van der Waals surface area contributed by atoms with Gasteiger partial charge < -0.3 is 20.5 Å². The van der Waals surface area contributed by atoms with Crippen LogP contribution in [0.15, 0.2) is 46.3 Å². The molecule has 0 aliphatic rings. The van der Waals surface area contributed by atoms with Gasteiger partial charge in [-0.2, -0.15) is 11.3 Å². The van der Waals surface area contributed by atoms with Crippen LogP contribution in [0.2, 0.25) is 0 Å². The van der Waals surface area contributed by atoms with Gasteiger partial charge in [0.25, 0.3) is 0 Å². The number of aliphatic hydroxyl groups is 1. The van der Waals surface area contributed by atoms with Crippen LogP contribution in [0.5, 0.6) is 5.75 Å². The molecule has 0 aliphatic carbocycles. The predicted molar refractivity (Wildman–Crippen MR) is 113 cm³/mol. The molecule has 0 bridgehead atoms. The first-order valence-electron chi connectivity index (χ1n) is 7.92. The topological polar surface area (TPSA) is 78.8 Å². The number of halogens is 1. The summed E-state index contributed by atoms with van der Waals surface area (Å²) in [6.45, 7) is 5.89. The summed E-state index contributed by atoms with van der Waals surface area (Å²) < 4.78 is 5.58. The first-order chi connectivity index (χ1) is 11.6. The van der Waals surface area contributed by atoms with Crippen molar-refractivity contribution in [2.24, 2.45) is 4.99 Å². The summed E-state index contributed by atoms with van der Waals surface area (Å²) in [5, 5.41) is 20.8. The lowest BCUT2D eigenvalue weighted by molar-refractivity contribution is 0.0677. The maximum absolute atomic E-state index is 10.5. The average molecular weight is 476 g/mol. The van der Waals surface area contributed by atoms with Crippen LogP contribution < -0.4 is 15.4 Å². The predicted octanol–water partition coefficient (Wildman–Crippen LogP) is 2.60. The Labute approximate surface area is 169 Å². The highest BCUT2D eigenvalue weighted by Crippen LogP contribution is 2.23. The summed E-state index contributed by atoms with van der Waals surface area (Å²) in [7, 11) is 0. The van der Waals surface area contributed by atoms with Gasteiger partial charge in [0.1, 0.15) is 18.0 Å². The lowest BCUT2D eigenvalue weighted by Crippen LogP contribution is -2.40. The summed E-state index contributed by atoms with van der Waals surface area (Å²) >= 11 is 1.56. The first-order valence-corrected chi connectivity index (χ1v) is 8.86. The van der Waals surface area contributed by atoms with Crippen molar-refractivity contribution in [2.75, 3.05) is 26.2 Å². The van der Waals surface area contributed by atoms with E-state index < -0.39 is 5.60 Å². The SMILES string of the molecule is CCNC(=NCC(C)(O)c1ccsc1)NCCOc1cccnc1.I. The van der Waals surface area contributed by atoms with E-state index in [1.807, 2.05) is 35.9 Å². The highest BCUT2D eigenvalue weighted by atomic mass is 127. The monoisotopic (exact) mass is 476 g/mol. The molecular weight excluding hydrogens is 451 g/mol. The normalized spacial score (nSPS) is 13.5. The van der Waals surface area contributed by atoms with E-state index in [-0.39, 0.29) is 30.5 Å². The van der Waals surface area contributed by atoms with Crippen LogP contribution in [0, 0.1) is 0 Å². The minimum absolute atomic E-state index is 0. The van der Waals surface area contributed by atoms with Crippen molar-refractivity contribution in [1.29, 1.82) is 0 Å². The van der Waals surface area contributed by atoms with Crippen molar-refractivity contribution in [3.8, 4) is 5.75 Å². The molecule has 0 saturated carbocycles. The van der Waals surface area contributed by atoms with Gasteiger partial charge in [0, 0.05) is 12.7 Å². The molecule has 1 atom stereocenters. The average Bonchev–Trinajstić information content (AvgIpc) is 3.13. The number of ether oxygens (including phenoxy) is 1. The van der Waals surface area contributed by atoms with Crippen LogP contribution >= 0.6 is 35.3 Å². The van der Waals surface area contributed by atoms with Crippen molar-refractivity contribution in [2.45, 2.75) is 19.4 Å². The van der Waals surface area contributed by atoms with Crippen LogP contribution in [-0.4, -0.2) is 42.3 Å². The molecule has 2 aromatic heterocycles. The fraction of sp³-hybridized carbons (Fsp3) is 0.412. The van der Waals surface area contributed by atoms with E-state index in [9.17, 15) is 5.11 Å². The minimum Gasteiger partial charge on any atom is -0.490 e. The molecule has 2 heterocycles. The largest absolute Gasteiger partial charge is 0.490 e. The zero-order valence-corrected chi connectivity index (χ0v) is 17.6. The molecule has 0 radical (unpaired) electrons. The Kier molecular flexibility index (Phi) is 9.76. The lowest BCUT2D eigenvalue weighted by Gasteiger charge is -2.21. The zero-order chi connectivity index (χ0) is 17.3. The molecule has 2 rings (SSSR count). The molecule has 0 saturated heterocycles. The number of nitrogens with zero attached hydrogens (tertiary/aromatic N) is 2. The van der Waals surface area contributed by atoms with Crippen molar-refractivity contribution in [3.63, 3.8) is 0 Å². The summed E-state index contributed by atoms with van der Waals surface area (Å²) in [4.78, 5) is 8.47. The number of nitrogens with one attached hydrogen (secondary N) is 2. The van der Waals surface area contributed by atoms with Crippen LogP contribution in [0.25, 0.3) is 0 Å². The highest BCUT2D eigenvalue weighted by molar-refractivity contribution is 14.0. The van der Waals surface area contributed by atoms with Gasteiger partial charge in [0.15, 0.2) is 5.96 Å². The Bertz CT molecular complexity index is 621. The molecule has 0 aromatic carbocycles. The van der Waals surface area contributed by atoms with Crippen molar-refractivity contribution in [3.05, 3.63) is 46.9 Å².